The van der Waals surface area contributed by atoms with Crippen LogP contribution < -0.4 is 5.82 Å². The summed E-state index contributed by atoms with van der Waals surface area (Å²) < 4.78 is 18.8. The van der Waals surface area contributed by atoms with E-state index in [1.165, 1.54) is 6.26 Å². The van der Waals surface area contributed by atoms with E-state index in [4.69, 9.17) is 9.47 Å². The summed E-state index contributed by atoms with van der Waals surface area (Å²) in [5.74, 6) is -0.943. The van der Waals surface area contributed by atoms with E-state index in [2.05, 4.69) is 15.4 Å². The molecule has 1 aromatic heterocycles. The Morgan fingerprint density at radius 1 is 1.50 bits per heavy atom. The molecular formula is C10H12O6. The van der Waals surface area contributed by atoms with Gasteiger partial charge in [-0.25, -0.2) is 9.59 Å². The normalized spacial score (nSPS) is 10.1. The van der Waals surface area contributed by atoms with Gasteiger partial charge in [-0.1, -0.05) is 6.58 Å². The van der Waals surface area contributed by atoms with Crippen molar-refractivity contribution < 1.29 is 23.1 Å². The Hall–Kier alpha value is -1.82. The van der Waals surface area contributed by atoms with Crippen LogP contribution in [0.15, 0.2) is 32.0 Å². The van der Waals surface area contributed by atoms with Crippen LogP contribution in [0.4, 0.5) is 0 Å². The smallest absolute Gasteiger partial charge is 0.460 e. The lowest BCUT2D eigenvalue weighted by molar-refractivity contribution is -0.140. The van der Waals surface area contributed by atoms with Crippen LogP contribution in [0.25, 0.3) is 0 Å². The second-order valence-electron chi connectivity index (χ2n) is 3.02. The molecule has 0 aliphatic rings. The van der Waals surface area contributed by atoms with Crippen molar-refractivity contribution in [3.63, 3.8) is 0 Å². The van der Waals surface area contributed by atoms with Gasteiger partial charge in [0.2, 0.25) is 0 Å². The highest BCUT2D eigenvalue weighted by molar-refractivity contribution is 5.86. The number of hydrogen-bond acceptors (Lipinski definition) is 6. The van der Waals surface area contributed by atoms with Crippen LogP contribution in [0.1, 0.15) is 12.7 Å². The van der Waals surface area contributed by atoms with Crippen LogP contribution in [-0.4, -0.2) is 19.2 Å². The summed E-state index contributed by atoms with van der Waals surface area (Å²) in [5, 5.41) is 0. The van der Waals surface area contributed by atoms with Crippen molar-refractivity contribution in [3.8, 4) is 0 Å². The fourth-order valence-corrected chi connectivity index (χ4v) is 0.822. The van der Waals surface area contributed by atoms with Gasteiger partial charge in [-0.3, -0.25) is 0 Å². The Labute approximate surface area is 91.4 Å². The van der Waals surface area contributed by atoms with Gasteiger partial charge in [0.25, 0.3) is 0 Å². The molecule has 0 aliphatic carbocycles. The molecule has 0 spiro atoms. The van der Waals surface area contributed by atoms with E-state index in [1.54, 1.807) is 6.92 Å². The van der Waals surface area contributed by atoms with E-state index >= 15 is 0 Å². The van der Waals surface area contributed by atoms with Gasteiger partial charge in [0.15, 0.2) is 5.76 Å². The fourth-order valence-electron chi connectivity index (χ4n) is 0.822. The maximum atomic E-state index is 10.9. The largest absolute Gasteiger partial charge is 0.518 e. The Balaban J connectivity index is 2.11. The minimum atomic E-state index is -0.771. The highest BCUT2D eigenvalue weighted by atomic mass is 16.6. The first-order valence-corrected chi connectivity index (χ1v) is 4.57. The third kappa shape index (κ3) is 4.14. The Morgan fingerprint density at radius 3 is 2.81 bits per heavy atom. The molecule has 0 bridgehead atoms. The summed E-state index contributed by atoms with van der Waals surface area (Å²) in [5.41, 5.74) is 0.334. The number of rotatable bonds is 6. The van der Waals surface area contributed by atoms with Gasteiger partial charge < -0.3 is 18.3 Å². The van der Waals surface area contributed by atoms with Crippen molar-refractivity contribution >= 4 is 5.97 Å². The predicted octanol–water partition coefficient (Wildman–Crippen LogP) is 0.869. The van der Waals surface area contributed by atoms with Crippen LogP contribution >= 0.6 is 0 Å². The summed E-state index contributed by atoms with van der Waals surface area (Å²) in [7, 11) is 0. The number of hydrogen-bond donors (Lipinski definition) is 0. The first-order valence-electron chi connectivity index (χ1n) is 4.57. The minimum absolute atomic E-state index is 0.0936. The lowest BCUT2D eigenvalue weighted by atomic mass is 10.4. The first kappa shape index (κ1) is 12.3. The predicted molar refractivity (Wildman–Crippen MR) is 52.7 cm³/mol. The van der Waals surface area contributed by atoms with Crippen molar-refractivity contribution in [2.75, 3.05) is 13.2 Å². The zero-order chi connectivity index (χ0) is 12.0. The molecule has 0 radical (unpaired) electrons. The van der Waals surface area contributed by atoms with Crippen LogP contribution in [0.3, 0.4) is 0 Å². The fraction of sp³-hybridized carbons (Fsp3) is 0.400. The van der Waals surface area contributed by atoms with Gasteiger partial charge in [0.05, 0.1) is 6.61 Å². The standard InChI is InChI=1S/C10H12O6/c1-7(2)9(11)14-4-3-13-5-8-6-15-10(12)16-8/h6H,1,3-5H2,2H3. The molecule has 0 aromatic carbocycles. The second-order valence-corrected chi connectivity index (χ2v) is 3.02. The Bertz CT molecular complexity index is 413. The third-order valence-electron chi connectivity index (χ3n) is 1.55. The molecule has 6 nitrogen and oxygen atoms in total. The van der Waals surface area contributed by atoms with Crippen LogP contribution in [0, 0.1) is 0 Å². The summed E-state index contributed by atoms with van der Waals surface area (Å²) in [4.78, 5) is 21.4. The molecule has 6 heteroatoms. The van der Waals surface area contributed by atoms with Gasteiger partial charge >= 0.3 is 11.8 Å². The number of esters is 1. The molecule has 1 rings (SSSR count). The second kappa shape index (κ2) is 5.92. The van der Waals surface area contributed by atoms with Crippen LogP contribution in [0.2, 0.25) is 0 Å². The zero-order valence-electron chi connectivity index (χ0n) is 8.86. The summed E-state index contributed by atoms with van der Waals surface area (Å²) in [6, 6.07) is 0. The van der Waals surface area contributed by atoms with Gasteiger partial charge in [-0.2, -0.15) is 0 Å². The quantitative estimate of drug-likeness (QED) is 0.408. The molecular weight excluding hydrogens is 216 g/mol. The van der Waals surface area contributed by atoms with E-state index < -0.39 is 11.8 Å². The lowest BCUT2D eigenvalue weighted by Crippen LogP contribution is -2.10. The van der Waals surface area contributed by atoms with Crippen molar-refractivity contribution in [2.45, 2.75) is 13.5 Å². The first-order chi connectivity index (χ1) is 7.59. The van der Waals surface area contributed by atoms with Crippen molar-refractivity contribution in [3.05, 3.63) is 34.8 Å². The van der Waals surface area contributed by atoms with Gasteiger partial charge in [-0.15, -0.1) is 0 Å². The van der Waals surface area contributed by atoms with Crippen LogP contribution in [-0.2, 0) is 20.9 Å². The molecule has 1 aromatic rings. The SMILES string of the molecule is C=C(C)C(=O)OCCOCc1coc(=O)o1. The third-order valence-corrected chi connectivity index (χ3v) is 1.55. The van der Waals surface area contributed by atoms with Crippen molar-refractivity contribution in [1.29, 1.82) is 0 Å². The van der Waals surface area contributed by atoms with Gasteiger partial charge in [-0.05, 0) is 6.92 Å². The average molecular weight is 228 g/mol. The monoisotopic (exact) mass is 228 g/mol. The number of carbonyl (C=O) groups is 1. The van der Waals surface area contributed by atoms with E-state index in [0.717, 1.165) is 0 Å². The molecule has 0 saturated heterocycles. The summed E-state index contributed by atoms with van der Waals surface area (Å²) in [6.07, 6.45) is 1.17. The number of ether oxygens (including phenoxy) is 2. The molecule has 1 heterocycles. The van der Waals surface area contributed by atoms with Crippen molar-refractivity contribution in [2.24, 2.45) is 0 Å². The molecule has 0 unspecified atom stereocenters. The minimum Gasteiger partial charge on any atom is -0.460 e. The highest BCUT2D eigenvalue weighted by Gasteiger charge is 2.03. The molecule has 0 aliphatic heterocycles. The van der Waals surface area contributed by atoms with E-state index in [1.807, 2.05) is 0 Å². The lowest BCUT2D eigenvalue weighted by Gasteiger charge is -2.03. The molecule has 0 saturated carbocycles. The molecule has 88 valence electrons. The Kier molecular flexibility index (Phi) is 4.53. The summed E-state index contributed by atoms with van der Waals surface area (Å²) in [6.45, 7) is 5.40. The maximum Gasteiger partial charge on any atom is 0.518 e. The number of carbonyl (C=O) groups excluding carboxylic acids is 1. The van der Waals surface area contributed by atoms with E-state index in [-0.39, 0.29) is 25.6 Å². The topological polar surface area (TPSA) is 78.9 Å². The average Bonchev–Trinajstić information content (AvgIpc) is 2.63. The van der Waals surface area contributed by atoms with E-state index in [9.17, 15) is 9.59 Å². The molecule has 0 N–H and O–H groups in total. The highest BCUT2D eigenvalue weighted by Crippen LogP contribution is 1.98. The maximum absolute atomic E-state index is 10.9. The molecule has 0 atom stereocenters. The Morgan fingerprint density at radius 2 is 2.25 bits per heavy atom. The molecule has 16 heavy (non-hydrogen) atoms. The molecule has 0 fully saturated rings. The molecule has 0 amide bonds. The summed E-state index contributed by atoms with van der Waals surface area (Å²) >= 11 is 0. The zero-order valence-corrected chi connectivity index (χ0v) is 8.86. The van der Waals surface area contributed by atoms with Crippen LogP contribution in [0.5, 0.6) is 0 Å². The van der Waals surface area contributed by atoms with Gasteiger partial charge in [0.1, 0.15) is 19.5 Å². The van der Waals surface area contributed by atoms with Gasteiger partial charge in [0, 0.05) is 5.57 Å². The van der Waals surface area contributed by atoms with E-state index in [0.29, 0.717) is 5.57 Å². The van der Waals surface area contributed by atoms with Crippen molar-refractivity contribution in [1.82, 2.24) is 0 Å².